The maximum absolute atomic E-state index is 11.6. The van der Waals surface area contributed by atoms with Crippen LogP contribution in [0.25, 0.3) is 0 Å². The van der Waals surface area contributed by atoms with Crippen LogP contribution in [0.1, 0.15) is 32.1 Å². The first-order chi connectivity index (χ1) is 7.75. The van der Waals surface area contributed by atoms with Crippen molar-refractivity contribution in [3.63, 3.8) is 0 Å². The molecule has 16 heavy (non-hydrogen) atoms. The number of hydrogen-bond acceptors (Lipinski definition) is 2. The van der Waals surface area contributed by atoms with Gasteiger partial charge < -0.3 is 11.1 Å². The van der Waals surface area contributed by atoms with E-state index >= 15 is 0 Å². The summed E-state index contributed by atoms with van der Waals surface area (Å²) in [6, 6.07) is 7.36. The normalized spacial score (nSPS) is 15.5. The van der Waals surface area contributed by atoms with Crippen LogP contribution in [0.5, 0.6) is 0 Å². The Hall–Kier alpha value is -1.51. The van der Waals surface area contributed by atoms with E-state index in [9.17, 15) is 4.79 Å². The largest absolute Gasteiger partial charge is 0.397 e. The Morgan fingerprint density at radius 2 is 2.12 bits per heavy atom. The van der Waals surface area contributed by atoms with Crippen molar-refractivity contribution in [1.82, 2.24) is 0 Å². The Morgan fingerprint density at radius 3 is 2.75 bits per heavy atom. The third-order valence-electron chi connectivity index (χ3n) is 3.24. The van der Waals surface area contributed by atoms with E-state index in [1.165, 1.54) is 19.3 Å². The summed E-state index contributed by atoms with van der Waals surface area (Å²) >= 11 is 0. The summed E-state index contributed by atoms with van der Waals surface area (Å²) in [6.07, 6.45) is 5.54. The number of nitrogen functional groups attached to an aromatic ring is 1. The summed E-state index contributed by atoms with van der Waals surface area (Å²) < 4.78 is 0. The van der Waals surface area contributed by atoms with E-state index in [1.54, 1.807) is 6.07 Å². The summed E-state index contributed by atoms with van der Waals surface area (Å²) in [5, 5.41) is 2.85. The van der Waals surface area contributed by atoms with Gasteiger partial charge in [0, 0.05) is 6.42 Å². The highest BCUT2D eigenvalue weighted by atomic mass is 16.1. The number of hydrogen-bond donors (Lipinski definition) is 2. The number of benzene rings is 1. The highest BCUT2D eigenvalue weighted by Gasteiger charge is 2.18. The molecule has 3 heteroatoms. The number of amides is 1. The molecule has 1 saturated carbocycles. The molecule has 0 aromatic heterocycles. The lowest BCUT2D eigenvalue weighted by Crippen LogP contribution is -2.17. The van der Waals surface area contributed by atoms with Crippen LogP contribution in [0.15, 0.2) is 24.3 Å². The molecule has 1 aliphatic rings. The zero-order valence-electron chi connectivity index (χ0n) is 9.41. The van der Waals surface area contributed by atoms with Gasteiger partial charge in [0.2, 0.25) is 5.91 Å². The van der Waals surface area contributed by atoms with Crippen molar-refractivity contribution in [2.24, 2.45) is 5.92 Å². The SMILES string of the molecule is Nc1ccccc1NC(=O)CCC1CCC1. The predicted octanol–water partition coefficient (Wildman–Crippen LogP) is 2.79. The van der Waals surface area contributed by atoms with Gasteiger partial charge in [-0.1, -0.05) is 31.4 Å². The first-order valence-corrected chi connectivity index (χ1v) is 5.90. The number of rotatable bonds is 4. The Bertz CT molecular complexity index is 372. The Labute approximate surface area is 96.0 Å². The molecule has 0 saturated heterocycles. The maximum Gasteiger partial charge on any atom is 0.224 e. The Kier molecular flexibility index (Phi) is 3.44. The zero-order valence-corrected chi connectivity index (χ0v) is 9.41. The molecule has 3 N–H and O–H groups in total. The standard InChI is InChI=1S/C13H18N2O/c14-11-6-1-2-7-12(11)15-13(16)9-8-10-4-3-5-10/h1-2,6-7,10H,3-5,8-9,14H2,(H,15,16). The number of nitrogens with one attached hydrogen (secondary N) is 1. The Balaban J connectivity index is 1.80. The summed E-state index contributed by atoms with van der Waals surface area (Å²) in [7, 11) is 0. The topological polar surface area (TPSA) is 55.1 Å². The van der Waals surface area contributed by atoms with Crippen molar-refractivity contribution in [2.45, 2.75) is 32.1 Å². The highest BCUT2D eigenvalue weighted by Crippen LogP contribution is 2.30. The van der Waals surface area contributed by atoms with Gasteiger partial charge in [-0.05, 0) is 24.5 Å². The van der Waals surface area contributed by atoms with E-state index in [1.807, 2.05) is 18.2 Å². The second kappa shape index (κ2) is 5.01. The smallest absolute Gasteiger partial charge is 0.224 e. The molecule has 86 valence electrons. The molecule has 0 atom stereocenters. The minimum Gasteiger partial charge on any atom is -0.397 e. The molecule has 0 heterocycles. The van der Waals surface area contributed by atoms with Crippen LogP contribution in [0, 0.1) is 5.92 Å². The fourth-order valence-electron chi connectivity index (χ4n) is 1.94. The van der Waals surface area contributed by atoms with Crippen LogP contribution >= 0.6 is 0 Å². The molecule has 3 nitrogen and oxygen atoms in total. The minimum absolute atomic E-state index is 0.0739. The van der Waals surface area contributed by atoms with E-state index in [4.69, 9.17) is 5.73 Å². The van der Waals surface area contributed by atoms with Crippen molar-refractivity contribution in [2.75, 3.05) is 11.1 Å². The van der Waals surface area contributed by atoms with E-state index in [0.29, 0.717) is 12.1 Å². The Morgan fingerprint density at radius 1 is 1.38 bits per heavy atom. The van der Waals surface area contributed by atoms with E-state index in [2.05, 4.69) is 5.32 Å². The lowest BCUT2D eigenvalue weighted by molar-refractivity contribution is -0.116. The van der Waals surface area contributed by atoms with Crippen LogP contribution in [0.3, 0.4) is 0 Å². The number of para-hydroxylation sites is 2. The highest BCUT2D eigenvalue weighted by molar-refractivity contribution is 5.93. The number of carbonyl (C=O) groups is 1. The van der Waals surface area contributed by atoms with Gasteiger partial charge in [-0.25, -0.2) is 0 Å². The fraction of sp³-hybridized carbons (Fsp3) is 0.462. The van der Waals surface area contributed by atoms with E-state index in [0.717, 1.165) is 18.0 Å². The predicted molar refractivity (Wildman–Crippen MR) is 66.1 cm³/mol. The molecule has 0 radical (unpaired) electrons. The molecule has 1 aromatic rings. The molecular weight excluding hydrogens is 200 g/mol. The number of carbonyl (C=O) groups excluding carboxylic acids is 1. The van der Waals surface area contributed by atoms with E-state index in [-0.39, 0.29) is 5.91 Å². The molecule has 1 aromatic carbocycles. The average molecular weight is 218 g/mol. The van der Waals surface area contributed by atoms with Crippen molar-refractivity contribution >= 4 is 17.3 Å². The van der Waals surface area contributed by atoms with Crippen molar-refractivity contribution in [1.29, 1.82) is 0 Å². The van der Waals surface area contributed by atoms with Crippen LogP contribution in [-0.4, -0.2) is 5.91 Å². The van der Waals surface area contributed by atoms with Crippen LogP contribution < -0.4 is 11.1 Å². The van der Waals surface area contributed by atoms with Gasteiger partial charge in [0.15, 0.2) is 0 Å². The first kappa shape index (κ1) is 11.0. The molecule has 0 aliphatic heterocycles. The van der Waals surface area contributed by atoms with Gasteiger partial charge in [-0.15, -0.1) is 0 Å². The molecule has 0 spiro atoms. The van der Waals surface area contributed by atoms with Gasteiger partial charge in [0.1, 0.15) is 0 Å². The van der Waals surface area contributed by atoms with Crippen molar-refractivity contribution in [3.05, 3.63) is 24.3 Å². The van der Waals surface area contributed by atoms with Gasteiger partial charge >= 0.3 is 0 Å². The van der Waals surface area contributed by atoms with Crippen molar-refractivity contribution in [3.8, 4) is 0 Å². The van der Waals surface area contributed by atoms with Crippen LogP contribution in [-0.2, 0) is 4.79 Å². The molecule has 0 unspecified atom stereocenters. The second-order valence-electron chi connectivity index (χ2n) is 4.47. The van der Waals surface area contributed by atoms with Gasteiger partial charge in [-0.3, -0.25) is 4.79 Å². The molecule has 1 aliphatic carbocycles. The molecule has 0 bridgehead atoms. The zero-order chi connectivity index (χ0) is 11.4. The van der Waals surface area contributed by atoms with Crippen LogP contribution in [0.2, 0.25) is 0 Å². The summed E-state index contributed by atoms with van der Waals surface area (Å²) in [4.78, 5) is 11.6. The van der Waals surface area contributed by atoms with Crippen molar-refractivity contribution < 1.29 is 4.79 Å². The van der Waals surface area contributed by atoms with Gasteiger partial charge in [0.05, 0.1) is 11.4 Å². The van der Waals surface area contributed by atoms with E-state index < -0.39 is 0 Å². The lowest BCUT2D eigenvalue weighted by Gasteiger charge is -2.24. The average Bonchev–Trinajstić information content (AvgIpc) is 2.19. The molecule has 1 amide bonds. The summed E-state index contributed by atoms with van der Waals surface area (Å²) in [5.41, 5.74) is 7.10. The van der Waals surface area contributed by atoms with Gasteiger partial charge in [-0.2, -0.15) is 0 Å². The third kappa shape index (κ3) is 2.75. The maximum atomic E-state index is 11.6. The van der Waals surface area contributed by atoms with Gasteiger partial charge in [0.25, 0.3) is 0 Å². The lowest BCUT2D eigenvalue weighted by atomic mass is 9.82. The number of anilines is 2. The summed E-state index contributed by atoms with van der Waals surface area (Å²) in [5.74, 6) is 0.851. The number of nitrogens with two attached hydrogens (primary N) is 1. The second-order valence-corrected chi connectivity index (χ2v) is 4.47. The molecule has 1 fully saturated rings. The molecule has 2 rings (SSSR count). The molecular formula is C13H18N2O. The quantitative estimate of drug-likeness (QED) is 0.763. The third-order valence-corrected chi connectivity index (χ3v) is 3.24. The first-order valence-electron chi connectivity index (χ1n) is 5.90. The minimum atomic E-state index is 0.0739. The van der Waals surface area contributed by atoms with Crippen LogP contribution in [0.4, 0.5) is 11.4 Å². The monoisotopic (exact) mass is 218 g/mol. The fourth-order valence-corrected chi connectivity index (χ4v) is 1.94. The summed E-state index contributed by atoms with van der Waals surface area (Å²) in [6.45, 7) is 0.